The highest BCUT2D eigenvalue weighted by Gasteiger charge is 2.23. The first kappa shape index (κ1) is 20.2. The second kappa shape index (κ2) is 8.22. The highest BCUT2D eigenvalue weighted by Crippen LogP contribution is 2.23. The first-order valence-electron chi connectivity index (χ1n) is 8.78. The highest BCUT2D eigenvalue weighted by molar-refractivity contribution is 5.95. The number of likely N-dealkylation sites (N-methyl/N-ethyl adjacent to an activating group) is 1. The lowest BCUT2D eigenvalue weighted by atomic mass is 10.1. The maximum Gasteiger partial charge on any atom is 0.267 e. The summed E-state index contributed by atoms with van der Waals surface area (Å²) in [6.07, 6.45) is 0. The number of ether oxygens (including phenoxy) is 1. The van der Waals surface area contributed by atoms with Crippen molar-refractivity contribution in [3.05, 3.63) is 76.6 Å². The van der Waals surface area contributed by atoms with Crippen molar-refractivity contribution in [2.75, 3.05) is 19.1 Å². The molecule has 1 unspecified atom stereocenters. The fourth-order valence-corrected chi connectivity index (χ4v) is 2.88. The van der Waals surface area contributed by atoms with Gasteiger partial charge in [-0.2, -0.15) is 5.10 Å². The highest BCUT2D eigenvalue weighted by atomic mass is 19.1. The van der Waals surface area contributed by atoms with Crippen molar-refractivity contribution in [2.24, 2.45) is 0 Å². The number of methoxy groups -OCH3 is 1. The molecule has 0 fully saturated rings. The van der Waals surface area contributed by atoms with Crippen LogP contribution in [0.2, 0.25) is 0 Å². The van der Waals surface area contributed by atoms with E-state index in [1.165, 1.54) is 20.0 Å². The summed E-state index contributed by atoms with van der Waals surface area (Å²) < 4.78 is 33.2. The Morgan fingerprint density at radius 2 is 1.79 bits per heavy atom. The normalized spacial score (nSPS) is 11.8. The number of hydrogen-bond acceptors (Lipinski definition) is 4. The van der Waals surface area contributed by atoms with Crippen LogP contribution in [-0.4, -0.2) is 29.8 Å². The van der Waals surface area contributed by atoms with Crippen LogP contribution in [0.15, 0.2) is 59.4 Å². The molecule has 0 aliphatic carbocycles. The molecule has 1 amide bonds. The van der Waals surface area contributed by atoms with Crippen molar-refractivity contribution in [1.82, 2.24) is 9.78 Å². The van der Waals surface area contributed by atoms with Crippen LogP contribution in [0.3, 0.4) is 0 Å². The Kier molecular flexibility index (Phi) is 5.72. The lowest BCUT2D eigenvalue weighted by molar-refractivity contribution is -0.121. The van der Waals surface area contributed by atoms with Crippen LogP contribution >= 0.6 is 0 Å². The fourth-order valence-electron chi connectivity index (χ4n) is 2.88. The van der Waals surface area contributed by atoms with Crippen molar-refractivity contribution in [1.29, 1.82) is 0 Å². The van der Waals surface area contributed by atoms with Gasteiger partial charge < -0.3 is 9.64 Å². The Hall–Kier alpha value is -3.55. The minimum absolute atomic E-state index is 0.0383. The molecule has 29 heavy (non-hydrogen) atoms. The third-order valence-corrected chi connectivity index (χ3v) is 4.48. The monoisotopic (exact) mass is 399 g/mol. The van der Waals surface area contributed by atoms with Gasteiger partial charge in [0.2, 0.25) is 0 Å². The summed E-state index contributed by atoms with van der Waals surface area (Å²) in [4.78, 5) is 26.2. The topological polar surface area (TPSA) is 64.4 Å². The van der Waals surface area contributed by atoms with Crippen molar-refractivity contribution >= 4 is 11.6 Å². The zero-order valence-electron chi connectivity index (χ0n) is 16.1. The van der Waals surface area contributed by atoms with Gasteiger partial charge in [0.1, 0.15) is 23.4 Å². The third-order valence-electron chi connectivity index (χ3n) is 4.48. The molecule has 2 aromatic carbocycles. The van der Waals surface area contributed by atoms with Gasteiger partial charge in [0.25, 0.3) is 11.5 Å². The van der Waals surface area contributed by atoms with E-state index >= 15 is 0 Å². The van der Waals surface area contributed by atoms with E-state index in [0.717, 1.165) is 27.8 Å². The number of halogens is 2. The molecule has 0 radical (unpaired) electrons. The maximum atomic E-state index is 13.5. The van der Waals surface area contributed by atoms with Gasteiger partial charge in [-0.1, -0.05) is 12.1 Å². The Morgan fingerprint density at radius 1 is 1.10 bits per heavy atom. The summed E-state index contributed by atoms with van der Waals surface area (Å²) in [6.45, 7) is 1.50. The summed E-state index contributed by atoms with van der Waals surface area (Å²) in [7, 11) is 2.92. The standard InChI is InChI=1S/C21H19F2N3O3/c1-13(21(28)25(2)17-11-15(22)10-16(23)12-17)26-20(27)8-7-19(24-26)14-5-4-6-18(9-14)29-3/h4-13H,1-3H3. The average Bonchev–Trinajstić information content (AvgIpc) is 2.71. The van der Waals surface area contributed by atoms with Gasteiger partial charge >= 0.3 is 0 Å². The molecule has 0 spiro atoms. The molecule has 1 heterocycles. The fraction of sp³-hybridized carbons (Fsp3) is 0.190. The van der Waals surface area contributed by atoms with E-state index in [-0.39, 0.29) is 5.69 Å². The lowest BCUT2D eigenvalue weighted by Gasteiger charge is -2.22. The van der Waals surface area contributed by atoms with Crippen LogP contribution in [0.5, 0.6) is 5.75 Å². The smallest absolute Gasteiger partial charge is 0.267 e. The quantitative estimate of drug-likeness (QED) is 0.660. The van der Waals surface area contributed by atoms with Crippen LogP contribution in [-0.2, 0) is 4.79 Å². The van der Waals surface area contributed by atoms with E-state index in [1.807, 2.05) is 0 Å². The summed E-state index contributed by atoms with van der Waals surface area (Å²) in [6, 6.07) is 11.8. The molecule has 0 saturated carbocycles. The number of rotatable bonds is 5. The zero-order valence-corrected chi connectivity index (χ0v) is 16.1. The molecule has 0 bridgehead atoms. The number of benzene rings is 2. The number of aromatic nitrogens is 2. The molecule has 0 aliphatic rings. The summed E-state index contributed by atoms with van der Waals surface area (Å²) in [5.41, 5.74) is 0.744. The Labute approximate surface area is 166 Å². The predicted molar refractivity (Wildman–Crippen MR) is 105 cm³/mol. The minimum atomic E-state index is -0.996. The summed E-state index contributed by atoms with van der Waals surface area (Å²) >= 11 is 0. The molecule has 0 aliphatic heterocycles. The second-order valence-electron chi connectivity index (χ2n) is 6.43. The predicted octanol–water partition coefficient (Wildman–Crippen LogP) is 3.42. The summed E-state index contributed by atoms with van der Waals surface area (Å²) in [5, 5.41) is 4.30. The van der Waals surface area contributed by atoms with Crippen LogP contribution in [0.25, 0.3) is 11.3 Å². The first-order chi connectivity index (χ1) is 13.8. The van der Waals surface area contributed by atoms with Crippen LogP contribution < -0.4 is 15.2 Å². The Bertz CT molecular complexity index is 1090. The molecule has 3 rings (SSSR count). The molecule has 150 valence electrons. The van der Waals surface area contributed by atoms with Crippen LogP contribution in [0.4, 0.5) is 14.5 Å². The van der Waals surface area contributed by atoms with Crippen molar-refractivity contribution < 1.29 is 18.3 Å². The van der Waals surface area contributed by atoms with Gasteiger partial charge in [-0.25, -0.2) is 13.5 Å². The van der Waals surface area contributed by atoms with Crippen molar-refractivity contribution in [2.45, 2.75) is 13.0 Å². The van der Waals surface area contributed by atoms with E-state index in [2.05, 4.69) is 5.10 Å². The zero-order chi connectivity index (χ0) is 21.1. The van der Waals surface area contributed by atoms with Crippen molar-refractivity contribution in [3.8, 4) is 17.0 Å². The number of nitrogens with zero attached hydrogens (tertiary/aromatic N) is 3. The van der Waals surface area contributed by atoms with E-state index in [4.69, 9.17) is 4.74 Å². The third kappa shape index (κ3) is 4.31. The Morgan fingerprint density at radius 3 is 2.45 bits per heavy atom. The van der Waals surface area contributed by atoms with Gasteiger partial charge in [-0.05, 0) is 37.3 Å². The van der Waals surface area contributed by atoms with E-state index in [1.54, 1.807) is 37.4 Å². The molecule has 1 aromatic heterocycles. The molecular weight excluding hydrogens is 380 g/mol. The summed E-state index contributed by atoms with van der Waals surface area (Å²) in [5.74, 6) is -1.53. The molecule has 8 heteroatoms. The lowest BCUT2D eigenvalue weighted by Crippen LogP contribution is -2.38. The minimum Gasteiger partial charge on any atom is -0.497 e. The average molecular weight is 399 g/mol. The largest absolute Gasteiger partial charge is 0.497 e. The molecule has 6 nitrogen and oxygen atoms in total. The number of anilines is 1. The number of hydrogen-bond donors (Lipinski definition) is 0. The molecule has 0 N–H and O–H groups in total. The van der Waals surface area contributed by atoms with E-state index in [9.17, 15) is 18.4 Å². The SMILES string of the molecule is COc1cccc(-c2ccc(=O)n(C(C)C(=O)N(C)c3cc(F)cc(F)c3)n2)c1. The molecule has 3 aromatic rings. The first-order valence-corrected chi connectivity index (χ1v) is 8.78. The molecule has 0 saturated heterocycles. The maximum absolute atomic E-state index is 13.5. The van der Waals surface area contributed by atoms with Gasteiger partial charge in [0.15, 0.2) is 0 Å². The van der Waals surface area contributed by atoms with Crippen molar-refractivity contribution in [3.63, 3.8) is 0 Å². The number of carbonyl (C=O) groups excluding carboxylic acids is 1. The molecular formula is C21H19F2N3O3. The van der Waals surface area contributed by atoms with Gasteiger partial charge in [-0.15, -0.1) is 0 Å². The Balaban J connectivity index is 1.94. The van der Waals surface area contributed by atoms with Gasteiger partial charge in [-0.3, -0.25) is 9.59 Å². The van der Waals surface area contributed by atoms with Crippen LogP contribution in [0.1, 0.15) is 13.0 Å². The van der Waals surface area contributed by atoms with Crippen LogP contribution in [0, 0.1) is 11.6 Å². The number of amides is 1. The van der Waals surface area contributed by atoms with E-state index < -0.39 is 29.1 Å². The second-order valence-corrected chi connectivity index (χ2v) is 6.43. The van der Waals surface area contributed by atoms with Gasteiger partial charge in [0, 0.05) is 30.4 Å². The van der Waals surface area contributed by atoms with Gasteiger partial charge in [0.05, 0.1) is 12.8 Å². The molecule has 1 atom stereocenters. The number of carbonyl (C=O) groups is 1. The van der Waals surface area contributed by atoms with E-state index in [0.29, 0.717) is 17.0 Å².